The van der Waals surface area contributed by atoms with Crippen LogP contribution < -0.4 is 5.32 Å². The maximum absolute atomic E-state index is 12.2. The summed E-state index contributed by atoms with van der Waals surface area (Å²) >= 11 is 0. The van der Waals surface area contributed by atoms with Crippen LogP contribution in [0.1, 0.15) is 43.5 Å². The summed E-state index contributed by atoms with van der Waals surface area (Å²) in [6, 6.07) is 3.68. The molecule has 1 heterocycles. The van der Waals surface area contributed by atoms with Crippen LogP contribution >= 0.6 is 0 Å². The first kappa shape index (κ1) is 16.6. The van der Waals surface area contributed by atoms with E-state index in [1.54, 1.807) is 11.0 Å². The van der Waals surface area contributed by atoms with Crippen LogP contribution in [0.4, 0.5) is 4.79 Å². The molecule has 1 aromatic carbocycles. The molecule has 1 fully saturated rings. The maximum Gasteiger partial charge on any atom is 0.410 e. The van der Waals surface area contributed by atoms with Crippen molar-refractivity contribution in [3.05, 3.63) is 28.8 Å². The zero-order valence-electron chi connectivity index (χ0n) is 14.1. The first-order valence-electron chi connectivity index (χ1n) is 7.69. The summed E-state index contributed by atoms with van der Waals surface area (Å²) in [4.78, 5) is 13.9. The molecule has 2 N–H and O–H groups in total. The molecule has 1 aliphatic heterocycles. The van der Waals surface area contributed by atoms with Crippen LogP contribution in [-0.2, 0) is 4.74 Å². The van der Waals surface area contributed by atoms with Crippen LogP contribution in [0.5, 0.6) is 5.75 Å². The Hall–Kier alpha value is -1.75. The molecular weight excluding hydrogens is 280 g/mol. The van der Waals surface area contributed by atoms with E-state index in [1.807, 2.05) is 40.7 Å². The van der Waals surface area contributed by atoms with Gasteiger partial charge >= 0.3 is 6.09 Å². The lowest BCUT2D eigenvalue weighted by molar-refractivity contribution is 0.0194. The van der Waals surface area contributed by atoms with Crippen molar-refractivity contribution >= 4 is 6.09 Å². The highest BCUT2D eigenvalue weighted by atomic mass is 16.6. The van der Waals surface area contributed by atoms with Gasteiger partial charge in [0.15, 0.2) is 0 Å². The van der Waals surface area contributed by atoms with Crippen molar-refractivity contribution in [3.8, 4) is 5.75 Å². The number of carbonyl (C=O) groups excluding carboxylic acids is 1. The van der Waals surface area contributed by atoms with Gasteiger partial charge in [0.05, 0.1) is 6.04 Å². The Labute approximate surface area is 132 Å². The van der Waals surface area contributed by atoms with Gasteiger partial charge in [-0.3, -0.25) is 0 Å². The monoisotopic (exact) mass is 306 g/mol. The predicted octanol–water partition coefficient (Wildman–Crippen LogP) is 2.89. The molecule has 0 aromatic heterocycles. The number of aryl methyl sites for hydroxylation is 2. The smallest absolute Gasteiger partial charge is 0.410 e. The van der Waals surface area contributed by atoms with E-state index in [2.05, 4.69) is 5.32 Å². The summed E-state index contributed by atoms with van der Waals surface area (Å²) in [5, 5.41) is 13.6. The van der Waals surface area contributed by atoms with Crippen LogP contribution in [-0.4, -0.2) is 41.3 Å². The second-order valence-electron chi connectivity index (χ2n) is 6.93. The number of hydrogen-bond donors (Lipinski definition) is 2. The molecule has 5 heteroatoms. The van der Waals surface area contributed by atoms with Crippen LogP contribution in [0, 0.1) is 13.8 Å². The number of amides is 1. The van der Waals surface area contributed by atoms with Crippen LogP contribution in [0.15, 0.2) is 12.1 Å². The van der Waals surface area contributed by atoms with E-state index in [0.29, 0.717) is 19.6 Å². The number of phenols is 1. The lowest BCUT2D eigenvalue weighted by atomic mass is 9.98. The summed E-state index contributed by atoms with van der Waals surface area (Å²) in [5.41, 5.74) is 2.52. The normalized spacial score (nSPS) is 19.1. The number of hydrogen-bond acceptors (Lipinski definition) is 4. The summed E-state index contributed by atoms with van der Waals surface area (Å²) < 4.78 is 5.43. The third-order valence-corrected chi connectivity index (χ3v) is 3.85. The van der Waals surface area contributed by atoms with Crippen molar-refractivity contribution in [2.45, 2.75) is 46.3 Å². The second-order valence-corrected chi connectivity index (χ2v) is 6.93. The highest BCUT2D eigenvalue weighted by Gasteiger charge is 2.29. The van der Waals surface area contributed by atoms with Crippen molar-refractivity contribution in [1.82, 2.24) is 10.2 Å². The minimum Gasteiger partial charge on any atom is -0.508 e. The Kier molecular flexibility index (Phi) is 4.66. The van der Waals surface area contributed by atoms with Crippen molar-refractivity contribution in [1.29, 1.82) is 0 Å². The third kappa shape index (κ3) is 3.91. The average molecular weight is 306 g/mol. The van der Waals surface area contributed by atoms with Crippen molar-refractivity contribution in [3.63, 3.8) is 0 Å². The number of aromatic hydroxyl groups is 1. The fraction of sp³-hybridized carbons (Fsp3) is 0.588. The predicted molar refractivity (Wildman–Crippen MR) is 86.1 cm³/mol. The molecule has 5 nitrogen and oxygen atoms in total. The lowest BCUT2D eigenvalue weighted by Crippen LogP contribution is -2.49. The van der Waals surface area contributed by atoms with Crippen molar-refractivity contribution in [2.75, 3.05) is 19.6 Å². The van der Waals surface area contributed by atoms with E-state index in [-0.39, 0.29) is 17.9 Å². The van der Waals surface area contributed by atoms with E-state index in [4.69, 9.17) is 4.74 Å². The molecule has 1 atom stereocenters. The Morgan fingerprint density at radius 1 is 1.32 bits per heavy atom. The Morgan fingerprint density at radius 2 is 1.95 bits per heavy atom. The lowest BCUT2D eigenvalue weighted by Gasteiger charge is -2.35. The molecule has 0 aliphatic carbocycles. The molecule has 1 aliphatic rings. The average Bonchev–Trinajstić information content (AvgIpc) is 2.41. The fourth-order valence-electron chi connectivity index (χ4n) is 2.55. The van der Waals surface area contributed by atoms with Crippen LogP contribution in [0.3, 0.4) is 0 Å². The summed E-state index contributed by atoms with van der Waals surface area (Å²) in [6.45, 7) is 11.4. The van der Waals surface area contributed by atoms with Gasteiger partial charge in [-0.2, -0.15) is 0 Å². The zero-order valence-corrected chi connectivity index (χ0v) is 14.1. The number of benzene rings is 1. The molecule has 0 bridgehead atoms. The second kappa shape index (κ2) is 6.16. The van der Waals surface area contributed by atoms with E-state index in [1.165, 1.54) is 0 Å². The summed E-state index contributed by atoms with van der Waals surface area (Å²) in [6.07, 6.45) is -0.303. The van der Waals surface area contributed by atoms with Gasteiger partial charge in [0.1, 0.15) is 11.4 Å². The fourth-order valence-corrected chi connectivity index (χ4v) is 2.55. The maximum atomic E-state index is 12.2. The van der Waals surface area contributed by atoms with Crippen molar-refractivity contribution in [2.24, 2.45) is 0 Å². The first-order valence-corrected chi connectivity index (χ1v) is 7.69. The SMILES string of the molecule is Cc1cc(O)c(C2CN(C(=O)OC(C)(C)C)CCN2)cc1C. The van der Waals surface area contributed by atoms with Gasteiger partial charge in [0.2, 0.25) is 0 Å². The first-order chi connectivity index (χ1) is 10.2. The van der Waals surface area contributed by atoms with E-state index in [9.17, 15) is 9.90 Å². The largest absolute Gasteiger partial charge is 0.508 e. The third-order valence-electron chi connectivity index (χ3n) is 3.85. The molecule has 1 unspecified atom stereocenters. The van der Waals surface area contributed by atoms with Gasteiger partial charge < -0.3 is 20.1 Å². The van der Waals surface area contributed by atoms with E-state index in [0.717, 1.165) is 16.7 Å². The van der Waals surface area contributed by atoms with E-state index < -0.39 is 5.60 Å². The topological polar surface area (TPSA) is 61.8 Å². The van der Waals surface area contributed by atoms with Gasteiger partial charge in [0.25, 0.3) is 0 Å². The Balaban J connectivity index is 2.14. The van der Waals surface area contributed by atoms with Crippen LogP contribution in [0.25, 0.3) is 0 Å². The molecule has 22 heavy (non-hydrogen) atoms. The standard InChI is InChI=1S/C17H26N2O3/c1-11-8-13(15(20)9-12(11)2)14-10-19(7-6-18-14)16(21)22-17(3,4)5/h8-9,14,18,20H,6-7,10H2,1-5H3. The molecule has 0 radical (unpaired) electrons. The number of carbonyl (C=O) groups is 1. The Bertz CT molecular complexity index is 564. The summed E-state index contributed by atoms with van der Waals surface area (Å²) in [7, 11) is 0. The van der Waals surface area contributed by atoms with Crippen molar-refractivity contribution < 1.29 is 14.6 Å². The molecule has 1 amide bonds. The van der Waals surface area contributed by atoms with Gasteiger partial charge in [-0.25, -0.2) is 4.79 Å². The molecular formula is C17H26N2O3. The molecule has 2 rings (SSSR count). The molecule has 0 saturated carbocycles. The number of piperazine rings is 1. The highest BCUT2D eigenvalue weighted by Crippen LogP contribution is 2.29. The summed E-state index contributed by atoms with van der Waals surface area (Å²) in [5.74, 6) is 0.270. The zero-order chi connectivity index (χ0) is 16.5. The molecule has 1 aromatic rings. The molecule has 122 valence electrons. The molecule has 0 spiro atoms. The minimum atomic E-state index is -0.500. The number of ether oxygens (including phenoxy) is 1. The van der Waals surface area contributed by atoms with Gasteiger partial charge in [0, 0.05) is 25.2 Å². The number of nitrogens with zero attached hydrogens (tertiary/aromatic N) is 1. The van der Waals surface area contributed by atoms with Gasteiger partial charge in [-0.05, 0) is 51.8 Å². The number of phenolic OH excluding ortho intramolecular Hbond substituents is 1. The minimum absolute atomic E-state index is 0.0828. The Morgan fingerprint density at radius 3 is 2.59 bits per heavy atom. The number of rotatable bonds is 1. The van der Waals surface area contributed by atoms with Gasteiger partial charge in [-0.15, -0.1) is 0 Å². The number of nitrogens with one attached hydrogen (secondary N) is 1. The highest BCUT2D eigenvalue weighted by molar-refractivity contribution is 5.68. The van der Waals surface area contributed by atoms with E-state index >= 15 is 0 Å². The van der Waals surface area contributed by atoms with Crippen LogP contribution in [0.2, 0.25) is 0 Å². The van der Waals surface area contributed by atoms with Gasteiger partial charge in [-0.1, -0.05) is 6.07 Å². The quantitative estimate of drug-likeness (QED) is 0.837. The molecule has 1 saturated heterocycles.